The molecule has 1 saturated heterocycles. The van der Waals surface area contributed by atoms with Gasteiger partial charge < -0.3 is 116 Å². The van der Waals surface area contributed by atoms with Gasteiger partial charge in [-0.15, -0.1) is 0 Å². The lowest BCUT2D eigenvalue weighted by atomic mass is 10.0. The minimum Gasteiger partial charge on any atom is -0.481 e. The van der Waals surface area contributed by atoms with Gasteiger partial charge in [-0.25, -0.2) is 0 Å². The number of likely N-dealkylation sites (N-methyl/N-ethyl adjacent to an activating group) is 1. The molecule has 0 spiro atoms. The van der Waals surface area contributed by atoms with Gasteiger partial charge >= 0.3 is 29.8 Å². The summed E-state index contributed by atoms with van der Waals surface area (Å²) < 4.78 is 5.48. The summed E-state index contributed by atoms with van der Waals surface area (Å²) >= 11 is 1.17. The Kier molecular flexibility index (Phi) is 42.5. The maximum absolute atomic E-state index is 13.9. The molecule has 0 aromatic rings. The van der Waals surface area contributed by atoms with Gasteiger partial charge in [0.25, 0.3) is 0 Å². The van der Waals surface area contributed by atoms with E-state index in [9.17, 15) is 112 Å². The zero-order valence-corrected chi connectivity index (χ0v) is 58.8. The maximum atomic E-state index is 13.9. The number of rotatable bonds is 51. The van der Waals surface area contributed by atoms with E-state index >= 15 is 0 Å². The summed E-state index contributed by atoms with van der Waals surface area (Å²) in [5.41, 5.74) is 10.6. The third kappa shape index (κ3) is 38.2. The van der Waals surface area contributed by atoms with Crippen LogP contribution in [0.4, 0.5) is 0 Å². The number of nitrogens with one attached hydrogen (secondary N) is 13. The van der Waals surface area contributed by atoms with Crippen molar-refractivity contribution in [3.8, 4) is 0 Å². The number of aliphatic imine (C=N–C) groups is 1. The number of carbonyl (C=O) groups is 19. The van der Waals surface area contributed by atoms with Crippen LogP contribution in [-0.2, 0) is 95.8 Å². The normalized spacial score (nSPS) is 14.9. The average Bonchev–Trinajstić information content (AvgIpc) is 1.78. The van der Waals surface area contributed by atoms with Gasteiger partial charge in [-0.1, -0.05) is 13.8 Å². The molecule has 0 aliphatic carbocycles. The van der Waals surface area contributed by atoms with Crippen molar-refractivity contribution in [3.63, 3.8) is 0 Å². The van der Waals surface area contributed by atoms with Crippen molar-refractivity contribution in [1.82, 2.24) is 74.0 Å². The van der Waals surface area contributed by atoms with Crippen molar-refractivity contribution in [2.24, 2.45) is 22.4 Å². The van der Waals surface area contributed by atoms with Crippen LogP contribution in [0.1, 0.15) is 124 Å². The van der Waals surface area contributed by atoms with Crippen molar-refractivity contribution in [2.45, 2.75) is 184 Å². The Hall–Kier alpha value is -10.5. The summed E-state index contributed by atoms with van der Waals surface area (Å²) in [5.74, 6) is -20.3. The van der Waals surface area contributed by atoms with E-state index in [0.29, 0.717) is 12.8 Å². The summed E-state index contributed by atoms with van der Waals surface area (Å²) in [5, 5.41) is 77.6. The Morgan fingerprint density at radius 2 is 0.913 bits per heavy atom. The molecule has 1 heterocycles. The van der Waals surface area contributed by atoms with Crippen LogP contribution < -0.4 is 80.6 Å². The van der Waals surface area contributed by atoms with E-state index in [0.717, 1.165) is 6.92 Å². The molecule has 0 saturated carbocycles. The first kappa shape index (κ1) is 90.5. The molecule has 1 rings (SSSR count). The number of nitrogens with two attached hydrogens (primary N) is 2. The molecular weight excluding hydrogens is 1390 g/mol. The van der Waals surface area contributed by atoms with E-state index in [1.807, 2.05) is 0 Å². The zero-order chi connectivity index (χ0) is 78.1. The van der Waals surface area contributed by atoms with E-state index < -0.39 is 270 Å². The van der Waals surface area contributed by atoms with Gasteiger partial charge in [-0.2, -0.15) is 11.8 Å². The Bertz CT molecular complexity index is 3050. The van der Waals surface area contributed by atoms with E-state index in [-0.39, 0.29) is 50.0 Å². The van der Waals surface area contributed by atoms with Crippen molar-refractivity contribution >= 4 is 130 Å². The Balaban J connectivity index is 3.08. The number of ether oxygens (including phenoxy) is 1. The van der Waals surface area contributed by atoms with E-state index in [2.05, 4.69) is 74.1 Å². The average molecular weight is 1490 g/mol. The molecular formula is C60H97N17O25S. The van der Waals surface area contributed by atoms with Gasteiger partial charge in [0.2, 0.25) is 82.7 Å². The van der Waals surface area contributed by atoms with Gasteiger partial charge in [-0.3, -0.25) is 96.1 Å². The molecule has 0 aromatic carbocycles. The van der Waals surface area contributed by atoms with Gasteiger partial charge in [0.1, 0.15) is 67.0 Å². The highest BCUT2D eigenvalue weighted by molar-refractivity contribution is 7.98. The molecule has 10 atom stereocenters. The number of carboxylic acids is 5. The number of carboxylic acid groups (broad SMARTS) is 5. The summed E-state index contributed by atoms with van der Waals surface area (Å²) in [6, 6.07) is -14.7. The molecule has 0 radical (unpaired) electrons. The van der Waals surface area contributed by atoms with Crippen LogP contribution in [0, 0.1) is 5.92 Å². The summed E-state index contributed by atoms with van der Waals surface area (Å²) in [7, 11) is 1.37. The lowest BCUT2D eigenvalue weighted by Gasteiger charge is -2.27. The third-order valence-electron chi connectivity index (χ3n) is 14.9. The number of amides is 14. The van der Waals surface area contributed by atoms with Crippen LogP contribution in [0.25, 0.3) is 0 Å². The smallest absolute Gasteiger partial charge is 0.303 e. The third-order valence-corrected chi connectivity index (χ3v) is 15.5. The van der Waals surface area contributed by atoms with Crippen LogP contribution in [-0.4, -0.2) is 274 Å². The number of hydrogen-bond donors (Lipinski definition) is 20. The van der Waals surface area contributed by atoms with E-state index in [1.165, 1.54) is 30.6 Å². The van der Waals surface area contributed by atoms with E-state index in [4.69, 9.17) is 21.3 Å². The topological polar surface area (TPSA) is 659 Å². The lowest BCUT2D eigenvalue weighted by molar-refractivity contribution is -0.142. The van der Waals surface area contributed by atoms with Crippen LogP contribution >= 0.6 is 11.8 Å². The number of guanidine groups is 1. The summed E-state index contributed by atoms with van der Waals surface area (Å²) in [6.45, 7) is 3.45. The minimum absolute atomic E-state index is 0.0189. The molecule has 2 unspecified atom stereocenters. The molecule has 14 amide bonds. The first-order valence-corrected chi connectivity index (χ1v) is 34.0. The zero-order valence-electron chi connectivity index (χ0n) is 58.0. The Morgan fingerprint density at radius 1 is 0.505 bits per heavy atom. The molecule has 0 aromatic heterocycles. The fourth-order valence-electron chi connectivity index (χ4n) is 9.72. The van der Waals surface area contributed by atoms with Crippen molar-refractivity contribution < 1.29 is 121 Å². The molecule has 578 valence electrons. The quantitative estimate of drug-likeness (QED) is 0.0153. The van der Waals surface area contributed by atoms with Crippen molar-refractivity contribution in [3.05, 3.63) is 0 Å². The fourth-order valence-corrected chi connectivity index (χ4v) is 10.3. The second kappa shape index (κ2) is 48.4. The van der Waals surface area contributed by atoms with Gasteiger partial charge in [0.05, 0.1) is 19.7 Å². The maximum Gasteiger partial charge on any atom is 0.303 e. The molecule has 42 nitrogen and oxygen atoms in total. The minimum atomic E-state index is -1.93. The molecule has 1 fully saturated rings. The number of nitrogens with zero attached hydrogens (tertiary/aromatic N) is 2. The highest BCUT2D eigenvalue weighted by atomic mass is 32.2. The molecule has 1 aliphatic rings. The largest absolute Gasteiger partial charge is 0.481 e. The Morgan fingerprint density at radius 3 is 1.33 bits per heavy atom. The summed E-state index contributed by atoms with van der Waals surface area (Å²) in [4.78, 5) is 248. The first-order chi connectivity index (χ1) is 48.4. The van der Waals surface area contributed by atoms with Crippen molar-refractivity contribution in [1.29, 1.82) is 0 Å². The number of likely N-dealkylation sites (tertiary alicyclic amines) is 1. The molecule has 43 heteroatoms. The SMILES string of the molecule is CNC(=O)[C@@H](CCCN=C(N)N)NC(=O)CNC(=O)C(C)NC(=O)[C@H](CSC)NC(=O)CNC(=O)C(CC(C)C)NC(=O)[C@@H]1CCCN1C(=O)COCCNC(=O)[C@@H](CCC(=O)O)NC(=O)[C@@H](CCC(=O)O)NC(=O)[C@@H](CCC(=O)O)NC(=O)[C@@H](CCC(=O)O)NC(=O)[C@@H](CCC(=O)O)NC(C)=O. The fraction of sp³-hybridized carbons (Fsp3) is 0.667. The van der Waals surface area contributed by atoms with Gasteiger partial charge in [-0.05, 0) is 83.3 Å². The van der Waals surface area contributed by atoms with Gasteiger partial charge in [0, 0.05) is 71.5 Å². The van der Waals surface area contributed by atoms with Gasteiger partial charge in [0.15, 0.2) is 5.96 Å². The highest BCUT2D eigenvalue weighted by Crippen LogP contribution is 2.19. The second-order valence-corrected chi connectivity index (χ2v) is 24.8. The van der Waals surface area contributed by atoms with Crippen LogP contribution in [0.5, 0.6) is 0 Å². The van der Waals surface area contributed by atoms with Crippen LogP contribution in [0.2, 0.25) is 0 Å². The Labute approximate surface area is 595 Å². The molecule has 1 aliphatic heterocycles. The summed E-state index contributed by atoms with van der Waals surface area (Å²) in [6.07, 6.45) is -4.34. The molecule has 103 heavy (non-hydrogen) atoms. The number of aliphatic carboxylic acids is 5. The monoisotopic (exact) mass is 1490 g/mol. The standard InChI is InChI=1S/C60H97N17O25S/c1-30(2)25-39(53(95)67-27-43(80)71-40(29-103-6)58(100)68-31(3)50(92)66-26-42(79)70-33(51(93)63-5)9-7-21-65-60(61)62)76-59(101)41-10-8-23-77(41)44(81)28-102-24-22-64-52(94)34(11-16-45(82)83)72-55(97)36(13-18-47(86)87)74-57(99)38(15-20-49(90)91)75-56(98)37(14-19-48(88)89)73-54(96)35(69-32(4)78)12-17-46(84)85/h30-31,33-41H,7-29H2,1-6H3,(H,63,93)(H,64,94)(H,66,92)(H,67,95)(H,68,100)(H,69,78)(H,70,79)(H,71,80)(H,72,97)(H,73,96)(H,74,99)(H,75,98)(H,76,101)(H,82,83)(H,84,85)(H,86,87)(H,88,89)(H,90,91)(H4,61,62,65)/t31?,33-,34-,35-,36-,37-,38-,39?,40+,41+/m1/s1. The number of hydrogen-bond acceptors (Lipinski definition) is 22. The van der Waals surface area contributed by atoms with Crippen LogP contribution in [0.3, 0.4) is 0 Å². The highest BCUT2D eigenvalue weighted by Gasteiger charge is 2.38. The first-order valence-electron chi connectivity index (χ1n) is 32.6. The van der Waals surface area contributed by atoms with E-state index in [1.54, 1.807) is 20.1 Å². The van der Waals surface area contributed by atoms with Crippen molar-refractivity contribution in [2.75, 3.05) is 65.0 Å². The molecule has 22 N–H and O–H groups in total. The van der Waals surface area contributed by atoms with Crippen LogP contribution in [0.15, 0.2) is 4.99 Å². The predicted molar refractivity (Wildman–Crippen MR) is 359 cm³/mol. The lowest BCUT2D eigenvalue weighted by Crippen LogP contribution is -2.59. The second-order valence-electron chi connectivity index (χ2n) is 23.9. The number of thioether (sulfide) groups is 1. The number of carbonyl (C=O) groups excluding carboxylic acids is 14. The molecule has 0 bridgehead atoms. The predicted octanol–water partition coefficient (Wildman–Crippen LogP) is -7.72.